The zero-order valence-corrected chi connectivity index (χ0v) is 18.0. The summed E-state index contributed by atoms with van der Waals surface area (Å²) in [4.78, 5) is 40.6. The van der Waals surface area contributed by atoms with E-state index in [1.165, 1.54) is 22.3 Å². The van der Waals surface area contributed by atoms with E-state index in [0.29, 0.717) is 23.4 Å². The number of carbonyl (C=O) groups is 1. The summed E-state index contributed by atoms with van der Waals surface area (Å²) >= 11 is 0. The van der Waals surface area contributed by atoms with Crippen LogP contribution in [0.4, 0.5) is 0 Å². The van der Waals surface area contributed by atoms with Crippen LogP contribution in [0.25, 0.3) is 10.9 Å². The summed E-state index contributed by atoms with van der Waals surface area (Å²) < 4.78 is 0.968. The maximum Gasteiger partial charge on any atom is 0.329 e. The number of fused-ring (bicyclic) bond motifs is 2. The van der Waals surface area contributed by atoms with Crippen molar-refractivity contribution < 1.29 is 4.79 Å². The lowest BCUT2D eigenvalue weighted by atomic mass is 9.59. The Labute approximate surface area is 189 Å². The van der Waals surface area contributed by atoms with E-state index in [2.05, 4.69) is 58.8 Å². The Hall–Kier alpha value is -3.93. The molecule has 1 unspecified atom stereocenters. The maximum absolute atomic E-state index is 12.8. The fourth-order valence-corrected chi connectivity index (χ4v) is 5.75. The van der Waals surface area contributed by atoms with Gasteiger partial charge in [-0.05, 0) is 46.7 Å². The van der Waals surface area contributed by atoms with Crippen LogP contribution in [-0.4, -0.2) is 22.0 Å². The number of amides is 1. The zero-order valence-electron chi connectivity index (χ0n) is 18.0. The van der Waals surface area contributed by atoms with Crippen molar-refractivity contribution in [1.82, 2.24) is 14.9 Å². The topological polar surface area (TPSA) is 84.0 Å². The SMILES string of the molecule is O=C(Cn1c(=O)[nH]c2ccccc2c1=O)NCC1CC2c3ccccc3C1c1ccccc12. The van der Waals surface area contributed by atoms with Crippen molar-refractivity contribution in [2.45, 2.75) is 24.8 Å². The van der Waals surface area contributed by atoms with E-state index in [4.69, 9.17) is 0 Å². The van der Waals surface area contributed by atoms with Crippen molar-refractivity contribution >= 4 is 16.8 Å². The van der Waals surface area contributed by atoms with Gasteiger partial charge in [0.05, 0.1) is 10.9 Å². The molecule has 1 heterocycles. The molecule has 0 aliphatic heterocycles. The summed E-state index contributed by atoms with van der Waals surface area (Å²) in [5.74, 6) is 0.487. The van der Waals surface area contributed by atoms with Gasteiger partial charge in [-0.25, -0.2) is 4.79 Å². The van der Waals surface area contributed by atoms with E-state index in [-0.39, 0.29) is 24.3 Å². The highest BCUT2D eigenvalue weighted by molar-refractivity contribution is 5.78. The Kier molecular flexibility index (Phi) is 4.54. The first-order valence-electron chi connectivity index (χ1n) is 11.3. The number of H-pyrrole nitrogens is 1. The van der Waals surface area contributed by atoms with Crippen LogP contribution in [0.1, 0.15) is 40.5 Å². The maximum atomic E-state index is 12.8. The number of carbonyl (C=O) groups excluding carboxylic acids is 1. The molecule has 3 aliphatic rings. The van der Waals surface area contributed by atoms with Crippen LogP contribution >= 0.6 is 0 Å². The molecule has 4 aromatic rings. The number of hydrogen-bond donors (Lipinski definition) is 2. The highest BCUT2D eigenvalue weighted by atomic mass is 16.2. The minimum Gasteiger partial charge on any atom is -0.354 e. The van der Waals surface area contributed by atoms with Gasteiger partial charge in [0.2, 0.25) is 5.91 Å². The van der Waals surface area contributed by atoms with E-state index >= 15 is 0 Å². The second-order valence-electron chi connectivity index (χ2n) is 8.95. The number of benzene rings is 3. The second-order valence-corrected chi connectivity index (χ2v) is 8.95. The third-order valence-corrected chi connectivity index (χ3v) is 7.18. The number of nitrogens with one attached hydrogen (secondary N) is 2. The van der Waals surface area contributed by atoms with Crippen molar-refractivity contribution in [3.63, 3.8) is 0 Å². The summed E-state index contributed by atoms with van der Waals surface area (Å²) in [6, 6.07) is 24.0. The minimum atomic E-state index is -0.576. The molecule has 33 heavy (non-hydrogen) atoms. The van der Waals surface area contributed by atoms with E-state index in [9.17, 15) is 14.4 Å². The van der Waals surface area contributed by atoms with Crippen LogP contribution in [-0.2, 0) is 11.3 Å². The van der Waals surface area contributed by atoms with Crippen molar-refractivity contribution in [1.29, 1.82) is 0 Å². The Bertz CT molecular complexity index is 1470. The molecule has 3 aromatic carbocycles. The fourth-order valence-electron chi connectivity index (χ4n) is 5.75. The van der Waals surface area contributed by atoms with Gasteiger partial charge >= 0.3 is 5.69 Å². The lowest BCUT2D eigenvalue weighted by Gasteiger charge is -2.45. The Morgan fingerprint density at radius 1 is 0.879 bits per heavy atom. The third kappa shape index (κ3) is 3.13. The average Bonchev–Trinajstić information content (AvgIpc) is 2.85. The molecule has 164 valence electrons. The van der Waals surface area contributed by atoms with Gasteiger partial charge in [-0.1, -0.05) is 60.7 Å². The number of aromatic amines is 1. The average molecular weight is 437 g/mol. The van der Waals surface area contributed by atoms with Crippen molar-refractivity contribution in [2.75, 3.05) is 6.54 Å². The number of hydrogen-bond acceptors (Lipinski definition) is 3. The van der Waals surface area contributed by atoms with Gasteiger partial charge in [0.15, 0.2) is 0 Å². The summed E-state index contributed by atoms with van der Waals surface area (Å²) in [7, 11) is 0. The van der Waals surface area contributed by atoms with Gasteiger partial charge in [0, 0.05) is 18.4 Å². The molecular formula is C27H23N3O3. The summed E-state index contributed by atoms with van der Waals surface area (Å²) in [5, 5.41) is 3.39. The van der Waals surface area contributed by atoms with Crippen LogP contribution in [0.15, 0.2) is 82.4 Å². The van der Waals surface area contributed by atoms with E-state index < -0.39 is 11.2 Å². The van der Waals surface area contributed by atoms with Crippen LogP contribution in [0.2, 0.25) is 0 Å². The largest absolute Gasteiger partial charge is 0.354 e. The van der Waals surface area contributed by atoms with Gasteiger partial charge in [0.1, 0.15) is 6.54 Å². The molecule has 1 amide bonds. The third-order valence-electron chi connectivity index (χ3n) is 7.18. The Morgan fingerprint density at radius 2 is 1.48 bits per heavy atom. The first-order valence-corrected chi connectivity index (χ1v) is 11.3. The minimum absolute atomic E-state index is 0.231. The smallest absolute Gasteiger partial charge is 0.329 e. The molecule has 1 aromatic heterocycles. The molecular weight excluding hydrogens is 414 g/mol. The van der Waals surface area contributed by atoms with Crippen LogP contribution in [0, 0.1) is 5.92 Å². The molecule has 0 fully saturated rings. The predicted molar refractivity (Wildman–Crippen MR) is 127 cm³/mol. The summed E-state index contributed by atoms with van der Waals surface area (Å²) in [6.45, 7) is 0.204. The highest BCUT2D eigenvalue weighted by Gasteiger charge is 2.42. The van der Waals surface area contributed by atoms with Crippen LogP contribution < -0.4 is 16.6 Å². The van der Waals surface area contributed by atoms with E-state index in [1.807, 2.05) is 0 Å². The monoisotopic (exact) mass is 437 g/mol. The van der Waals surface area contributed by atoms with Crippen molar-refractivity contribution in [3.05, 3.63) is 116 Å². The molecule has 0 radical (unpaired) electrons. The summed E-state index contributed by atoms with van der Waals surface area (Å²) in [6.07, 6.45) is 0.968. The van der Waals surface area contributed by atoms with Gasteiger partial charge in [-0.3, -0.25) is 14.2 Å². The fraction of sp³-hybridized carbons (Fsp3) is 0.222. The molecule has 2 N–H and O–H groups in total. The normalized spacial score (nSPS) is 20.3. The van der Waals surface area contributed by atoms with Crippen molar-refractivity contribution in [3.8, 4) is 0 Å². The first-order chi connectivity index (χ1) is 16.1. The Balaban J connectivity index is 1.24. The van der Waals surface area contributed by atoms with Gasteiger partial charge in [-0.15, -0.1) is 0 Å². The molecule has 2 bridgehead atoms. The zero-order chi connectivity index (χ0) is 22.5. The molecule has 1 atom stereocenters. The molecule has 6 nitrogen and oxygen atoms in total. The highest BCUT2D eigenvalue weighted by Crippen LogP contribution is 2.55. The number of aromatic nitrogens is 2. The Morgan fingerprint density at radius 3 is 2.18 bits per heavy atom. The standard InChI is InChI=1S/C27H23N3O3/c31-24(15-30-26(32)21-11-5-6-12-23(21)29-27(30)33)28-14-16-13-22-17-7-1-3-9-19(17)25(16)20-10-4-2-8-18(20)22/h1-12,16,22,25H,13-15H2,(H,28,31)(H,29,33). The second kappa shape index (κ2) is 7.59. The number of nitrogens with zero attached hydrogens (tertiary/aromatic N) is 1. The van der Waals surface area contributed by atoms with Crippen molar-refractivity contribution in [2.24, 2.45) is 5.92 Å². The molecule has 7 rings (SSSR count). The van der Waals surface area contributed by atoms with Crippen LogP contribution in [0.5, 0.6) is 0 Å². The number of para-hydroxylation sites is 1. The lowest BCUT2D eigenvalue weighted by Crippen LogP contribution is -2.43. The summed E-state index contributed by atoms with van der Waals surface area (Å²) in [5.41, 5.74) is 4.90. The molecule has 0 saturated heterocycles. The first kappa shape index (κ1) is 19.7. The molecule has 6 heteroatoms. The molecule has 0 saturated carbocycles. The quantitative estimate of drug-likeness (QED) is 0.515. The number of rotatable bonds is 4. The lowest BCUT2D eigenvalue weighted by molar-refractivity contribution is -0.122. The van der Waals surface area contributed by atoms with E-state index in [1.54, 1.807) is 24.3 Å². The van der Waals surface area contributed by atoms with Gasteiger partial charge < -0.3 is 10.3 Å². The van der Waals surface area contributed by atoms with Gasteiger partial charge in [0.25, 0.3) is 5.56 Å². The van der Waals surface area contributed by atoms with Crippen LogP contribution in [0.3, 0.4) is 0 Å². The van der Waals surface area contributed by atoms with Gasteiger partial charge in [-0.2, -0.15) is 0 Å². The molecule has 3 aliphatic carbocycles. The molecule has 0 spiro atoms. The predicted octanol–water partition coefficient (Wildman–Crippen LogP) is 3.10. The van der Waals surface area contributed by atoms with E-state index in [0.717, 1.165) is 11.0 Å².